The number of alkyl halides is 2. The second-order valence-electron chi connectivity index (χ2n) is 5.42. The highest BCUT2D eigenvalue weighted by molar-refractivity contribution is 9.10. The molecule has 2 heterocycles. The summed E-state index contributed by atoms with van der Waals surface area (Å²) in [7, 11) is 0. The molecule has 6 nitrogen and oxygen atoms in total. The number of hydrogen-bond acceptors (Lipinski definition) is 5. The third-order valence-corrected chi connectivity index (χ3v) is 3.99. The Morgan fingerprint density at radius 3 is 2.72 bits per heavy atom. The molecule has 3 aromatic rings. The molecule has 3 rings (SSSR count). The lowest BCUT2D eigenvalue weighted by molar-refractivity contribution is -0.0495. The zero-order chi connectivity index (χ0) is 18.0. The Morgan fingerprint density at radius 2 is 2.04 bits per heavy atom. The van der Waals surface area contributed by atoms with E-state index in [0.29, 0.717) is 28.9 Å². The van der Waals surface area contributed by atoms with Gasteiger partial charge in [0.05, 0.1) is 11.3 Å². The lowest BCUT2D eigenvalue weighted by atomic mass is 10.2. The van der Waals surface area contributed by atoms with Gasteiger partial charge in [-0.05, 0) is 38.1 Å². The van der Waals surface area contributed by atoms with Crippen LogP contribution < -0.4 is 4.74 Å². The van der Waals surface area contributed by atoms with Crippen molar-refractivity contribution >= 4 is 15.9 Å². The minimum atomic E-state index is -2.94. The maximum Gasteiger partial charge on any atom is 0.387 e. The minimum absolute atomic E-state index is 0.0213. The number of aryl methyl sites for hydroxylation is 4. The van der Waals surface area contributed by atoms with E-state index in [0.717, 1.165) is 11.4 Å². The molecule has 0 aliphatic rings. The first-order valence-corrected chi connectivity index (χ1v) is 8.30. The molecule has 0 aliphatic carbocycles. The molecule has 0 unspecified atom stereocenters. The van der Waals surface area contributed by atoms with Crippen LogP contribution in [0.5, 0.6) is 5.75 Å². The second-order valence-corrected chi connectivity index (χ2v) is 6.34. The fourth-order valence-corrected chi connectivity index (χ4v) is 2.80. The van der Waals surface area contributed by atoms with Crippen molar-refractivity contribution in [1.82, 2.24) is 20.0 Å². The molecule has 0 amide bonds. The van der Waals surface area contributed by atoms with E-state index < -0.39 is 6.61 Å². The normalized spacial score (nSPS) is 11.3. The van der Waals surface area contributed by atoms with E-state index in [1.807, 2.05) is 24.6 Å². The van der Waals surface area contributed by atoms with E-state index in [4.69, 9.17) is 4.42 Å². The monoisotopic (exact) mass is 412 g/mol. The predicted molar refractivity (Wildman–Crippen MR) is 89.5 cm³/mol. The molecule has 0 fully saturated rings. The summed E-state index contributed by atoms with van der Waals surface area (Å²) in [6.45, 7) is 1.54. The SMILES string of the molecule is Cc1cc(C)n(CCc2nnc(-c3cc(Br)ccc3OC(F)F)o2)n1. The maximum atomic E-state index is 12.6. The van der Waals surface area contributed by atoms with Crippen LogP contribution in [0.25, 0.3) is 11.5 Å². The van der Waals surface area contributed by atoms with Crippen LogP contribution in [0.3, 0.4) is 0 Å². The summed E-state index contributed by atoms with van der Waals surface area (Å²) in [4.78, 5) is 0. The highest BCUT2D eigenvalue weighted by Gasteiger charge is 2.17. The number of rotatable bonds is 6. The molecule has 0 saturated heterocycles. The van der Waals surface area contributed by atoms with E-state index in [9.17, 15) is 8.78 Å². The first-order chi connectivity index (χ1) is 11.9. The topological polar surface area (TPSA) is 66.0 Å². The summed E-state index contributed by atoms with van der Waals surface area (Å²) in [5.74, 6) is 0.498. The molecule has 25 heavy (non-hydrogen) atoms. The van der Waals surface area contributed by atoms with Crippen molar-refractivity contribution in [2.24, 2.45) is 0 Å². The van der Waals surface area contributed by atoms with E-state index in [1.165, 1.54) is 6.07 Å². The molecule has 0 saturated carbocycles. The summed E-state index contributed by atoms with van der Waals surface area (Å²) in [5, 5.41) is 12.3. The van der Waals surface area contributed by atoms with Crippen molar-refractivity contribution in [1.29, 1.82) is 0 Å². The predicted octanol–water partition coefficient (Wildman–Crippen LogP) is 4.16. The number of ether oxygens (including phenoxy) is 1. The van der Waals surface area contributed by atoms with Crippen molar-refractivity contribution in [2.75, 3.05) is 0 Å². The fraction of sp³-hybridized carbons (Fsp3) is 0.312. The number of halogens is 3. The quantitative estimate of drug-likeness (QED) is 0.608. The molecule has 2 aromatic heterocycles. The van der Waals surface area contributed by atoms with Crippen LogP contribution >= 0.6 is 15.9 Å². The summed E-state index contributed by atoms with van der Waals surface area (Å²) in [5.41, 5.74) is 2.28. The average molecular weight is 413 g/mol. The van der Waals surface area contributed by atoms with Gasteiger partial charge in [-0.3, -0.25) is 4.68 Å². The number of benzene rings is 1. The van der Waals surface area contributed by atoms with Crippen LogP contribution in [0.2, 0.25) is 0 Å². The summed E-state index contributed by atoms with van der Waals surface area (Å²) < 4.78 is 37.8. The molecule has 0 radical (unpaired) electrons. The molecule has 0 N–H and O–H groups in total. The van der Waals surface area contributed by atoms with Gasteiger partial charge in [0, 0.05) is 23.1 Å². The largest absolute Gasteiger partial charge is 0.434 e. The molecular formula is C16H15BrF2N4O2. The smallest absolute Gasteiger partial charge is 0.387 e. The minimum Gasteiger partial charge on any atom is -0.434 e. The van der Waals surface area contributed by atoms with Crippen LogP contribution in [0.15, 0.2) is 33.2 Å². The van der Waals surface area contributed by atoms with E-state index in [-0.39, 0.29) is 11.6 Å². The van der Waals surface area contributed by atoms with Gasteiger partial charge in [0.1, 0.15) is 5.75 Å². The van der Waals surface area contributed by atoms with Crippen LogP contribution in [0.1, 0.15) is 17.3 Å². The molecule has 1 aromatic carbocycles. The molecule has 0 bridgehead atoms. The maximum absolute atomic E-state index is 12.6. The zero-order valence-corrected chi connectivity index (χ0v) is 15.1. The van der Waals surface area contributed by atoms with Crippen molar-refractivity contribution in [3.63, 3.8) is 0 Å². The number of nitrogens with zero attached hydrogens (tertiary/aromatic N) is 4. The lowest BCUT2D eigenvalue weighted by Crippen LogP contribution is -2.05. The Bertz CT molecular complexity index is 879. The Kier molecular flexibility index (Phi) is 5.12. The van der Waals surface area contributed by atoms with Crippen molar-refractivity contribution in [3.05, 3.63) is 46.0 Å². The highest BCUT2D eigenvalue weighted by Crippen LogP contribution is 2.33. The summed E-state index contributed by atoms with van der Waals surface area (Å²) in [6.07, 6.45) is 0.480. The first kappa shape index (κ1) is 17.5. The Labute approximate surface area is 150 Å². The second kappa shape index (κ2) is 7.30. The van der Waals surface area contributed by atoms with Gasteiger partial charge in [-0.15, -0.1) is 10.2 Å². The Morgan fingerprint density at radius 1 is 1.24 bits per heavy atom. The summed E-state index contributed by atoms with van der Waals surface area (Å²) in [6, 6.07) is 6.59. The highest BCUT2D eigenvalue weighted by atomic mass is 79.9. The van der Waals surface area contributed by atoms with E-state index >= 15 is 0 Å². The average Bonchev–Trinajstić information content (AvgIpc) is 3.13. The van der Waals surface area contributed by atoms with Crippen LogP contribution in [-0.4, -0.2) is 26.6 Å². The van der Waals surface area contributed by atoms with Gasteiger partial charge < -0.3 is 9.15 Å². The van der Waals surface area contributed by atoms with Crippen LogP contribution in [0, 0.1) is 13.8 Å². The zero-order valence-electron chi connectivity index (χ0n) is 13.5. The molecule has 0 aliphatic heterocycles. The molecule has 132 valence electrons. The molecular weight excluding hydrogens is 398 g/mol. The van der Waals surface area contributed by atoms with Gasteiger partial charge >= 0.3 is 6.61 Å². The molecule has 0 spiro atoms. The third-order valence-electron chi connectivity index (χ3n) is 3.50. The van der Waals surface area contributed by atoms with Crippen molar-refractivity contribution in [2.45, 2.75) is 33.4 Å². The summed E-state index contributed by atoms with van der Waals surface area (Å²) >= 11 is 3.29. The number of aromatic nitrogens is 4. The van der Waals surface area contributed by atoms with E-state index in [1.54, 1.807) is 12.1 Å². The van der Waals surface area contributed by atoms with Crippen LogP contribution in [-0.2, 0) is 13.0 Å². The van der Waals surface area contributed by atoms with Crippen LogP contribution in [0.4, 0.5) is 8.78 Å². The molecule has 9 heteroatoms. The van der Waals surface area contributed by atoms with Gasteiger partial charge in [0.15, 0.2) is 0 Å². The molecule has 0 atom stereocenters. The van der Waals surface area contributed by atoms with Gasteiger partial charge in [0.25, 0.3) is 5.89 Å². The third kappa shape index (κ3) is 4.22. The van der Waals surface area contributed by atoms with E-state index in [2.05, 4.69) is 36.0 Å². The standard InChI is InChI=1S/C16H15BrF2N4O2/c1-9-7-10(2)23(22-9)6-5-14-20-21-15(25-14)12-8-11(17)3-4-13(12)24-16(18)19/h3-4,7-8,16H,5-6H2,1-2H3. The van der Waals surface area contributed by atoms with Gasteiger partial charge in [0.2, 0.25) is 5.89 Å². The van der Waals surface area contributed by atoms with Gasteiger partial charge in [-0.25, -0.2) is 0 Å². The van der Waals surface area contributed by atoms with Crippen molar-refractivity contribution in [3.8, 4) is 17.2 Å². The Hall–Kier alpha value is -2.29. The lowest BCUT2D eigenvalue weighted by Gasteiger charge is -2.08. The number of hydrogen-bond donors (Lipinski definition) is 0. The van der Waals surface area contributed by atoms with Gasteiger partial charge in [-0.1, -0.05) is 15.9 Å². The van der Waals surface area contributed by atoms with Gasteiger partial charge in [-0.2, -0.15) is 13.9 Å². The Balaban J connectivity index is 1.79. The van der Waals surface area contributed by atoms with Crippen molar-refractivity contribution < 1.29 is 17.9 Å². The fourth-order valence-electron chi connectivity index (χ4n) is 2.43. The first-order valence-electron chi connectivity index (χ1n) is 7.50.